The van der Waals surface area contributed by atoms with Crippen molar-refractivity contribution < 1.29 is 23.5 Å². The molecule has 2 aromatic rings. The molecule has 2 heterocycles. The van der Waals surface area contributed by atoms with E-state index in [-0.39, 0.29) is 24.3 Å². The van der Waals surface area contributed by atoms with E-state index in [1.165, 1.54) is 0 Å². The van der Waals surface area contributed by atoms with E-state index >= 15 is 0 Å². The fraction of sp³-hybridized carbons (Fsp3) is 0.526. The molecule has 1 aromatic carbocycles. The first kappa shape index (κ1) is 17.0. The second-order valence-corrected chi connectivity index (χ2v) is 6.75. The Bertz CT molecular complexity index is 826. The number of carbonyl (C=O) groups is 2. The van der Waals surface area contributed by atoms with Crippen LogP contribution in [0.2, 0.25) is 0 Å². The lowest BCUT2D eigenvalue weighted by atomic mass is 10.1. The van der Waals surface area contributed by atoms with Gasteiger partial charge in [0.2, 0.25) is 0 Å². The molecule has 1 aliphatic carbocycles. The lowest BCUT2D eigenvalue weighted by Crippen LogP contribution is -2.49. The average Bonchev–Trinajstić information content (AvgIpc) is 3.40. The van der Waals surface area contributed by atoms with Crippen LogP contribution in [0.5, 0.6) is 0 Å². The van der Waals surface area contributed by atoms with Gasteiger partial charge in [-0.3, -0.25) is 9.59 Å². The zero-order valence-electron chi connectivity index (χ0n) is 14.8. The molecule has 1 amide bonds. The van der Waals surface area contributed by atoms with Crippen LogP contribution in [0, 0.1) is 0 Å². The number of aromatic nitrogens is 1. The van der Waals surface area contributed by atoms with Crippen LogP contribution in [0.25, 0.3) is 11.1 Å². The minimum atomic E-state index is -0.319. The lowest BCUT2D eigenvalue weighted by molar-refractivity contribution is -0.145. The van der Waals surface area contributed by atoms with Gasteiger partial charge in [0.05, 0.1) is 32.3 Å². The molecule has 1 saturated heterocycles. The van der Waals surface area contributed by atoms with Crippen LogP contribution in [0.3, 0.4) is 0 Å². The predicted octanol–water partition coefficient (Wildman–Crippen LogP) is 2.50. The molecule has 1 aromatic heterocycles. The molecule has 7 nitrogen and oxygen atoms in total. The van der Waals surface area contributed by atoms with E-state index in [1.54, 1.807) is 24.0 Å². The summed E-state index contributed by atoms with van der Waals surface area (Å²) in [6.07, 6.45) is 2.36. The van der Waals surface area contributed by atoms with Crippen LogP contribution >= 0.6 is 0 Å². The van der Waals surface area contributed by atoms with Gasteiger partial charge in [-0.25, -0.2) is 4.98 Å². The summed E-state index contributed by atoms with van der Waals surface area (Å²) in [5, 5.41) is 0. The smallest absolute Gasteiger partial charge is 0.307 e. The largest absolute Gasteiger partial charge is 0.466 e. The maximum atomic E-state index is 13.0. The monoisotopic (exact) mass is 358 g/mol. The number of morpholine rings is 1. The van der Waals surface area contributed by atoms with Gasteiger partial charge in [0, 0.05) is 18.0 Å². The van der Waals surface area contributed by atoms with Crippen molar-refractivity contribution in [2.24, 2.45) is 0 Å². The number of esters is 1. The highest BCUT2D eigenvalue weighted by molar-refractivity contribution is 5.97. The number of hydrogen-bond donors (Lipinski definition) is 0. The number of ether oxygens (including phenoxy) is 2. The average molecular weight is 358 g/mol. The summed E-state index contributed by atoms with van der Waals surface area (Å²) in [6, 6.07) is 5.01. The predicted molar refractivity (Wildman–Crippen MR) is 92.9 cm³/mol. The summed E-state index contributed by atoms with van der Waals surface area (Å²) in [4.78, 5) is 31.0. The number of oxazole rings is 1. The Hall–Kier alpha value is -2.41. The summed E-state index contributed by atoms with van der Waals surface area (Å²) >= 11 is 0. The van der Waals surface area contributed by atoms with Gasteiger partial charge < -0.3 is 18.8 Å². The molecule has 138 valence electrons. The molecule has 0 spiro atoms. The normalized spacial score (nSPS) is 20.3. The van der Waals surface area contributed by atoms with Gasteiger partial charge >= 0.3 is 5.97 Å². The Balaban J connectivity index is 1.54. The summed E-state index contributed by atoms with van der Waals surface area (Å²) in [7, 11) is 0. The van der Waals surface area contributed by atoms with E-state index in [1.807, 2.05) is 6.07 Å². The first-order valence-corrected chi connectivity index (χ1v) is 9.10. The third-order valence-corrected chi connectivity index (χ3v) is 4.77. The number of rotatable bonds is 5. The fourth-order valence-corrected chi connectivity index (χ4v) is 3.25. The molecule has 4 rings (SSSR count). The molecular weight excluding hydrogens is 336 g/mol. The van der Waals surface area contributed by atoms with Gasteiger partial charge in [-0.1, -0.05) is 0 Å². The minimum absolute atomic E-state index is 0.131. The second kappa shape index (κ2) is 7.07. The molecule has 2 aliphatic rings. The Kier molecular flexibility index (Phi) is 4.63. The summed E-state index contributed by atoms with van der Waals surface area (Å²) in [5.41, 5.74) is 1.94. The highest BCUT2D eigenvalue weighted by Crippen LogP contribution is 2.40. The van der Waals surface area contributed by atoms with E-state index in [0.29, 0.717) is 43.4 Å². The fourth-order valence-electron chi connectivity index (χ4n) is 3.25. The Labute approximate surface area is 151 Å². The first-order chi connectivity index (χ1) is 12.7. The van der Waals surface area contributed by atoms with Gasteiger partial charge in [-0.05, 0) is 38.0 Å². The van der Waals surface area contributed by atoms with Gasteiger partial charge in [0.15, 0.2) is 11.5 Å². The zero-order valence-corrected chi connectivity index (χ0v) is 14.8. The second-order valence-electron chi connectivity index (χ2n) is 6.75. The minimum Gasteiger partial charge on any atom is -0.466 e. The van der Waals surface area contributed by atoms with Gasteiger partial charge in [-0.15, -0.1) is 0 Å². The molecule has 1 aliphatic heterocycles. The van der Waals surface area contributed by atoms with Crippen LogP contribution in [0.1, 0.15) is 48.4 Å². The molecule has 2 fully saturated rings. The Morgan fingerprint density at radius 3 is 2.96 bits per heavy atom. The summed E-state index contributed by atoms with van der Waals surface area (Å²) in [5.74, 6) is 0.736. The highest BCUT2D eigenvalue weighted by atomic mass is 16.5. The Morgan fingerprint density at radius 2 is 2.19 bits per heavy atom. The molecule has 7 heteroatoms. The van der Waals surface area contributed by atoms with Crippen molar-refractivity contribution in [1.29, 1.82) is 0 Å². The topological polar surface area (TPSA) is 81.9 Å². The summed E-state index contributed by atoms with van der Waals surface area (Å²) in [6.45, 7) is 3.33. The standard InChI is InChI=1S/C19H22N2O5/c1-2-25-17(22)10-14-11-24-8-7-21(14)19(23)13-5-6-15-16(9-13)26-18(20-15)12-3-4-12/h5-6,9,12,14H,2-4,7-8,10-11H2,1H3/t14-/m1/s1. The van der Waals surface area contributed by atoms with Crippen LogP contribution in [-0.4, -0.2) is 54.2 Å². The highest BCUT2D eigenvalue weighted by Gasteiger charge is 2.31. The first-order valence-electron chi connectivity index (χ1n) is 9.10. The van der Waals surface area contributed by atoms with Crippen molar-refractivity contribution in [2.45, 2.75) is 38.1 Å². The molecule has 0 N–H and O–H groups in total. The van der Waals surface area contributed by atoms with Crippen molar-refractivity contribution in [3.8, 4) is 0 Å². The number of fused-ring (bicyclic) bond motifs is 1. The lowest BCUT2D eigenvalue weighted by Gasteiger charge is -2.35. The van der Waals surface area contributed by atoms with E-state index in [2.05, 4.69) is 4.98 Å². The maximum Gasteiger partial charge on any atom is 0.307 e. The zero-order chi connectivity index (χ0) is 18.1. The third-order valence-electron chi connectivity index (χ3n) is 4.77. The number of nitrogens with zero attached hydrogens (tertiary/aromatic N) is 2. The number of carbonyl (C=O) groups excluding carboxylic acids is 2. The number of hydrogen-bond acceptors (Lipinski definition) is 6. The van der Waals surface area contributed by atoms with E-state index in [9.17, 15) is 9.59 Å². The van der Waals surface area contributed by atoms with Crippen molar-refractivity contribution in [1.82, 2.24) is 9.88 Å². The van der Waals surface area contributed by atoms with Crippen molar-refractivity contribution in [3.63, 3.8) is 0 Å². The van der Waals surface area contributed by atoms with E-state index in [4.69, 9.17) is 13.9 Å². The van der Waals surface area contributed by atoms with Crippen LogP contribution in [-0.2, 0) is 14.3 Å². The van der Waals surface area contributed by atoms with Crippen LogP contribution < -0.4 is 0 Å². The van der Waals surface area contributed by atoms with E-state index in [0.717, 1.165) is 24.2 Å². The molecule has 0 unspecified atom stereocenters. The quantitative estimate of drug-likeness (QED) is 0.764. The number of benzene rings is 1. The molecular formula is C19H22N2O5. The van der Waals surface area contributed by atoms with E-state index < -0.39 is 0 Å². The molecule has 1 atom stereocenters. The van der Waals surface area contributed by atoms with Crippen LogP contribution in [0.15, 0.2) is 22.6 Å². The van der Waals surface area contributed by atoms with Crippen molar-refractivity contribution in [2.75, 3.05) is 26.4 Å². The maximum absolute atomic E-state index is 13.0. The van der Waals surface area contributed by atoms with Gasteiger partial charge in [0.25, 0.3) is 5.91 Å². The molecule has 0 radical (unpaired) electrons. The Morgan fingerprint density at radius 1 is 1.35 bits per heavy atom. The van der Waals surface area contributed by atoms with Gasteiger partial charge in [-0.2, -0.15) is 0 Å². The van der Waals surface area contributed by atoms with Crippen molar-refractivity contribution in [3.05, 3.63) is 29.7 Å². The SMILES string of the molecule is CCOC(=O)C[C@@H]1COCCN1C(=O)c1ccc2nc(C3CC3)oc2c1. The van der Waals surface area contributed by atoms with Gasteiger partial charge in [0.1, 0.15) is 5.52 Å². The van der Waals surface area contributed by atoms with Crippen molar-refractivity contribution >= 4 is 23.0 Å². The molecule has 1 saturated carbocycles. The molecule has 26 heavy (non-hydrogen) atoms. The summed E-state index contributed by atoms with van der Waals surface area (Å²) < 4.78 is 16.3. The third kappa shape index (κ3) is 3.44. The van der Waals surface area contributed by atoms with Crippen LogP contribution in [0.4, 0.5) is 0 Å². The molecule has 0 bridgehead atoms. The number of amides is 1.